The number of rotatable bonds is 3. The SMILES string of the molecule is CC(C)C1C2C(C)C23C(CC(O)(C(F)(F)F)C(F)(F)F)C[C@@H]13. The van der Waals surface area contributed by atoms with Crippen LogP contribution in [0.5, 0.6) is 0 Å². The van der Waals surface area contributed by atoms with Crippen molar-refractivity contribution in [3.05, 3.63) is 0 Å². The van der Waals surface area contributed by atoms with Gasteiger partial charge in [-0.1, -0.05) is 20.8 Å². The first kappa shape index (κ1) is 16.4. The average Bonchev–Trinajstić information content (AvgIpc) is 2.87. The lowest BCUT2D eigenvalue weighted by Gasteiger charge is -2.61. The molecule has 3 saturated carbocycles. The van der Waals surface area contributed by atoms with Crippen molar-refractivity contribution in [1.29, 1.82) is 0 Å². The molecule has 6 atom stereocenters. The summed E-state index contributed by atoms with van der Waals surface area (Å²) in [6.45, 7) is 6.02. The fraction of sp³-hybridized carbons (Fsp3) is 1.00. The lowest BCUT2D eigenvalue weighted by Crippen LogP contribution is -2.63. The normalized spacial score (nSPS) is 44.0. The molecule has 128 valence electrons. The first-order valence-electron chi connectivity index (χ1n) is 7.66. The Bertz CT molecular complexity index is 459. The van der Waals surface area contributed by atoms with E-state index in [0.717, 1.165) is 0 Å². The molecule has 7 heteroatoms. The molecular weight excluding hydrogens is 310 g/mol. The number of hydrogen-bond donors (Lipinski definition) is 1. The van der Waals surface area contributed by atoms with Crippen LogP contribution in [-0.4, -0.2) is 23.1 Å². The molecule has 0 aliphatic heterocycles. The van der Waals surface area contributed by atoms with Gasteiger partial charge in [-0.05, 0) is 53.8 Å². The van der Waals surface area contributed by atoms with Gasteiger partial charge >= 0.3 is 12.4 Å². The summed E-state index contributed by atoms with van der Waals surface area (Å²) in [5.41, 5.74) is -4.94. The van der Waals surface area contributed by atoms with Crippen LogP contribution < -0.4 is 0 Å². The topological polar surface area (TPSA) is 20.2 Å². The van der Waals surface area contributed by atoms with Crippen LogP contribution in [0.15, 0.2) is 0 Å². The van der Waals surface area contributed by atoms with E-state index in [0.29, 0.717) is 18.3 Å². The summed E-state index contributed by atoms with van der Waals surface area (Å²) in [5, 5.41) is 9.39. The largest absolute Gasteiger partial charge is 0.426 e. The second kappa shape index (κ2) is 4.14. The van der Waals surface area contributed by atoms with Crippen LogP contribution in [-0.2, 0) is 0 Å². The van der Waals surface area contributed by atoms with Crippen LogP contribution in [0.25, 0.3) is 0 Å². The summed E-state index contributed by atoms with van der Waals surface area (Å²) in [4.78, 5) is 0. The molecule has 3 aliphatic rings. The van der Waals surface area contributed by atoms with Gasteiger partial charge in [-0.3, -0.25) is 0 Å². The van der Waals surface area contributed by atoms with E-state index in [9.17, 15) is 31.4 Å². The van der Waals surface area contributed by atoms with Crippen LogP contribution in [0.3, 0.4) is 0 Å². The van der Waals surface area contributed by atoms with E-state index in [1.54, 1.807) is 0 Å². The van der Waals surface area contributed by atoms with Crippen LogP contribution >= 0.6 is 0 Å². The summed E-state index contributed by atoms with van der Waals surface area (Å²) < 4.78 is 77.0. The second-order valence-corrected chi connectivity index (χ2v) is 7.73. The first-order valence-corrected chi connectivity index (χ1v) is 7.66. The minimum Gasteiger partial charge on any atom is -0.374 e. The van der Waals surface area contributed by atoms with E-state index in [1.807, 2.05) is 6.92 Å². The quantitative estimate of drug-likeness (QED) is 0.760. The maximum Gasteiger partial charge on any atom is 0.426 e. The van der Waals surface area contributed by atoms with Gasteiger partial charge in [-0.2, -0.15) is 26.3 Å². The molecular formula is C15H20F6O. The minimum atomic E-state index is -5.69. The molecule has 1 spiro atoms. The fourth-order valence-electron chi connectivity index (χ4n) is 5.91. The van der Waals surface area contributed by atoms with Gasteiger partial charge in [0.05, 0.1) is 0 Å². The molecule has 1 N–H and O–H groups in total. The lowest BCUT2D eigenvalue weighted by atomic mass is 9.43. The molecule has 0 amide bonds. The highest BCUT2D eigenvalue weighted by atomic mass is 19.4. The second-order valence-electron chi connectivity index (χ2n) is 7.73. The summed E-state index contributed by atoms with van der Waals surface area (Å²) in [5.74, 6) is 0.787. The molecule has 0 aromatic rings. The van der Waals surface area contributed by atoms with Gasteiger partial charge in [-0.15, -0.1) is 0 Å². The van der Waals surface area contributed by atoms with Crippen molar-refractivity contribution in [2.24, 2.45) is 40.9 Å². The Labute approximate surface area is 125 Å². The Balaban J connectivity index is 1.79. The van der Waals surface area contributed by atoms with Crippen LogP contribution in [0.4, 0.5) is 26.3 Å². The summed E-state index contributed by atoms with van der Waals surface area (Å²) in [6.07, 6.45) is -12.3. The first-order chi connectivity index (χ1) is 9.80. The zero-order chi connectivity index (χ0) is 16.9. The summed E-state index contributed by atoms with van der Waals surface area (Å²) in [7, 11) is 0. The molecule has 1 nitrogen and oxygen atoms in total. The Morgan fingerprint density at radius 2 is 1.59 bits per heavy atom. The highest BCUT2D eigenvalue weighted by molar-refractivity contribution is 5.33. The predicted octanol–water partition coefficient (Wildman–Crippen LogP) is 4.41. The van der Waals surface area contributed by atoms with Gasteiger partial charge in [0, 0.05) is 0 Å². The van der Waals surface area contributed by atoms with Crippen molar-refractivity contribution < 1.29 is 31.4 Å². The van der Waals surface area contributed by atoms with E-state index in [2.05, 4.69) is 13.8 Å². The Morgan fingerprint density at radius 1 is 1.09 bits per heavy atom. The molecule has 5 unspecified atom stereocenters. The summed E-state index contributed by atoms with van der Waals surface area (Å²) >= 11 is 0. The smallest absolute Gasteiger partial charge is 0.374 e. The number of hydrogen-bond acceptors (Lipinski definition) is 1. The number of alkyl halides is 6. The lowest BCUT2D eigenvalue weighted by molar-refractivity contribution is -0.378. The number of halogens is 6. The van der Waals surface area contributed by atoms with Gasteiger partial charge in [0.1, 0.15) is 0 Å². The Kier molecular flexibility index (Phi) is 3.08. The minimum absolute atomic E-state index is 0.175. The predicted molar refractivity (Wildman–Crippen MR) is 66.7 cm³/mol. The van der Waals surface area contributed by atoms with Gasteiger partial charge in [0.15, 0.2) is 0 Å². The molecule has 0 aromatic heterocycles. The Hall–Kier alpha value is -0.460. The zero-order valence-electron chi connectivity index (χ0n) is 12.6. The van der Waals surface area contributed by atoms with E-state index < -0.39 is 30.3 Å². The molecule has 0 saturated heterocycles. The molecule has 0 radical (unpaired) electrons. The van der Waals surface area contributed by atoms with E-state index in [4.69, 9.17) is 0 Å². The van der Waals surface area contributed by atoms with Crippen molar-refractivity contribution in [2.75, 3.05) is 0 Å². The maximum absolute atomic E-state index is 12.8. The average molecular weight is 330 g/mol. The molecule has 3 aliphatic carbocycles. The molecule has 3 rings (SSSR count). The van der Waals surface area contributed by atoms with Crippen LogP contribution in [0, 0.1) is 40.9 Å². The zero-order valence-corrected chi connectivity index (χ0v) is 12.6. The molecule has 3 fully saturated rings. The van der Waals surface area contributed by atoms with Crippen LogP contribution in [0.2, 0.25) is 0 Å². The summed E-state index contributed by atoms with van der Waals surface area (Å²) in [6, 6.07) is 0. The standard InChI is InChI=1S/C15H20F6O/c1-6(2)10-9-4-8(13(9)7(3)11(10)13)5-12(22,14(16,17)18)15(19,20)21/h6-11,22H,4-5H2,1-3H3/t7?,8?,9-,10?,11?,13?/m0/s1. The van der Waals surface area contributed by atoms with E-state index >= 15 is 0 Å². The maximum atomic E-state index is 12.8. The van der Waals surface area contributed by atoms with Crippen LogP contribution in [0.1, 0.15) is 33.6 Å². The van der Waals surface area contributed by atoms with Crippen molar-refractivity contribution >= 4 is 0 Å². The fourth-order valence-corrected chi connectivity index (χ4v) is 5.91. The molecule has 0 bridgehead atoms. The highest BCUT2D eigenvalue weighted by Crippen LogP contribution is 2.90. The third-order valence-corrected chi connectivity index (χ3v) is 6.81. The third-order valence-electron chi connectivity index (χ3n) is 6.81. The van der Waals surface area contributed by atoms with E-state index in [1.165, 1.54) is 0 Å². The van der Waals surface area contributed by atoms with Crippen molar-refractivity contribution in [3.63, 3.8) is 0 Å². The van der Waals surface area contributed by atoms with Crippen molar-refractivity contribution in [1.82, 2.24) is 0 Å². The van der Waals surface area contributed by atoms with Gasteiger partial charge in [-0.25, -0.2) is 0 Å². The van der Waals surface area contributed by atoms with Gasteiger partial charge in [0.25, 0.3) is 5.60 Å². The molecule has 0 aromatic carbocycles. The van der Waals surface area contributed by atoms with Gasteiger partial charge < -0.3 is 5.11 Å². The molecule has 22 heavy (non-hydrogen) atoms. The Morgan fingerprint density at radius 3 is 1.95 bits per heavy atom. The van der Waals surface area contributed by atoms with Gasteiger partial charge in [0.2, 0.25) is 0 Å². The van der Waals surface area contributed by atoms with Crippen molar-refractivity contribution in [2.45, 2.75) is 51.6 Å². The number of aliphatic hydroxyl groups is 1. The van der Waals surface area contributed by atoms with E-state index in [-0.39, 0.29) is 23.2 Å². The third kappa shape index (κ3) is 1.61. The monoisotopic (exact) mass is 330 g/mol. The van der Waals surface area contributed by atoms with Crippen molar-refractivity contribution in [3.8, 4) is 0 Å². The molecule has 0 heterocycles. The highest BCUT2D eigenvalue weighted by Gasteiger charge is 2.87.